The smallest absolute Gasteiger partial charge is 0.123 e. The molecule has 1 aliphatic heterocycles. The van der Waals surface area contributed by atoms with Gasteiger partial charge in [0.05, 0.1) is 19.3 Å². The number of aliphatic hydroxyl groups is 1. The molecule has 0 aliphatic carbocycles. The van der Waals surface area contributed by atoms with E-state index in [0.29, 0.717) is 26.4 Å². The van der Waals surface area contributed by atoms with E-state index in [1.807, 2.05) is 0 Å². The highest BCUT2D eigenvalue weighted by atomic mass is 16.5. The molecule has 2 rings (SSSR count). The molecule has 0 spiro atoms. The average molecular weight is 421 g/mol. The lowest BCUT2D eigenvalue weighted by atomic mass is 9.80. The number of aliphatic hydroxyl groups excluding tert-OH is 1. The van der Waals surface area contributed by atoms with Gasteiger partial charge in [0, 0.05) is 32.7 Å². The zero-order valence-corrected chi connectivity index (χ0v) is 20.3. The summed E-state index contributed by atoms with van der Waals surface area (Å²) in [6, 6.07) is 6.53. The number of nitrogens with zero attached hydrogens (tertiary/aromatic N) is 2. The Labute approximate surface area is 184 Å². The normalized spacial score (nSPS) is 17.9. The zero-order chi connectivity index (χ0) is 22.4. The molecule has 5 nitrogen and oxygen atoms in total. The fourth-order valence-corrected chi connectivity index (χ4v) is 3.78. The largest absolute Gasteiger partial charge is 0.491 e. The third kappa shape index (κ3) is 7.84. The quantitative estimate of drug-likeness (QED) is 0.618. The highest BCUT2D eigenvalue weighted by molar-refractivity contribution is 5.43. The number of likely N-dealkylation sites (N-methyl/N-ethyl adjacent to an activating group) is 1. The van der Waals surface area contributed by atoms with Gasteiger partial charge in [-0.1, -0.05) is 60.6 Å². The van der Waals surface area contributed by atoms with Gasteiger partial charge >= 0.3 is 0 Å². The van der Waals surface area contributed by atoms with Crippen LogP contribution in [0.15, 0.2) is 18.2 Å². The first-order valence-electron chi connectivity index (χ1n) is 11.5. The first kappa shape index (κ1) is 25.1. The maximum atomic E-state index is 10.3. The highest BCUT2D eigenvalue weighted by Gasteiger charge is 2.23. The van der Waals surface area contributed by atoms with Crippen molar-refractivity contribution in [3.63, 3.8) is 0 Å². The van der Waals surface area contributed by atoms with Gasteiger partial charge in [0.1, 0.15) is 12.4 Å². The first-order valence-corrected chi connectivity index (χ1v) is 11.5. The van der Waals surface area contributed by atoms with Crippen LogP contribution in [0.1, 0.15) is 59.6 Å². The van der Waals surface area contributed by atoms with Gasteiger partial charge in [-0.15, -0.1) is 0 Å². The van der Waals surface area contributed by atoms with Gasteiger partial charge in [-0.05, 0) is 34.6 Å². The Balaban J connectivity index is 1.76. The summed E-state index contributed by atoms with van der Waals surface area (Å²) in [6.07, 6.45) is -0.450. The van der Waals surface area contributed by atoms with Crippen molar-refractivity contribution in [3.05, 3.63) is 29.3 Å². The number of piperazine rings is 1. The van der Waals surface area contributed by atoms with E-state index in [1.54, 1.807) is 0 Å². The zero-order valence-electron chi connectivity index (χ0n) is 20.3. The number of hydrogen-bond acceptors (Lipinski definition) is 5. The average Bonchev–Trinajstić information content (AvgIpc) is 2.67. The van der Waals surface area contributed by atoms with Crippen LogP contribution in [0.3, 0.4) is 0 Å². The fraction of sp³-hybridized carbons (Fsp3) is 0.760. The van der Waals surface area contributed by atoms with Crippen molar-refractivity contribution in [1.82, 2.24) is 9.80 Å². The molecule has 1 aliphatic rings. The van der Waals surface area contributed by atoms with Gasteiger partial charge in [0.2, 0.25) is 0 Å². The van der Waals surface area contributed by atoms with Crippen LogP contribution < -0.4 is 4.74 Å². The Kier molecular flexibility index (Phi) is 9.16. The minimum atomic E-state index is -0.450. The van der Waals surface area contributed by atoms with Crippen molar-refractivity contribution in [3.8, 4) is 5.75 Å². The SMILES string of the molecule is CCN1CCN(CC(O)COCCOc2ccc(C(C)(C)C)cc2C(C)(C)C)CC1. The molecule has 0 radical (unpaired) electrons. The van der Waals surface area contributed by atoms with E-state index in [4.69, 9.17) is 9.47 Å². The standard InChI is InChI=1S/C25H44N2O3/c1-8-26-11-13-27(14-12-26)18-21(28)19-29-15-16-30-23-10-9-20(24(2,3)4)17-22(23)25(5,6)7/h9-10,17,21,28H,8,11-16,18-19H2,1-7H3. The van der Waals surface area contributed by atoms with Gasteiger partial charge in [0.25, 0.3) is 0 Å². The summed E-state index contributed by atoms with van der Waals surface area (Å²) in [6.45, 7) is 22.9. The molecule has 1 N–H and O–H groups in total. The maximum absolute atomic E-state index is 10.3. The van der Waals surface area contributed by atoms with Crippen molar-refractivity contribution in [2.75, 3.05) is 59.1 Å². The second-order valence-electron chi connectivity index (χ2n) is 10.5. The molecule has 0 amide bonds. The second kappa shape index (κ2) is 10.9. The maximum Gasteiger partial charge on any atom is 0.123 e. The predicted octanol–water partition coefficient (Wildman–Crippen LogP) is 3.68. The molecule has 1 atom stereocenters. The van der Waals surface area contributed by atoms with Crippen LogP contribution in [-0.4, -0.2) is 80.1 Å². The lowest BCUT2D eigenvalue weighted by Crippen LogP contribution is -2.48. The monoisotopic (exact) mass is 420 g/mol. The second-order valence-corrected chi connectivity index (χ2v) is 10.5. The van der Waals surface area contributed by atoms with Crippen molar-refractivity contribution in [2.45, 2.75) is 65.4 Å². The van der Waals surface area contributed by atoms with Crippen LogP contribution in [-0.2, 0) is 15.6 Å². The predicted molar refractivity (Wildman–Crippen MR) is 125 cm³/mol. The van der Waals surface area contributed by atoms with Crippen molar-refractivity contribution in [2.24, 2.45) is 0 Å². The van der Waals surface area contributed by atoms with Crippen LogP contribution in [0.4, 0.5) is 0 Å². The fourth-order valence-electron chi connectivity index (χ4n) is 3.78. The summed E-state index contributed by atoms with van der Waals surface area (Å²) in [5.74, 6) is 0.924. The molecule has 30 heavy (non-hydrogen) atoms. The van der Waals surface area contributed by atoms with Crippen molar-refractivity contribution >= 4 is 0 Å². The highest BCUT2D eigenvalue weighted by Crippen LogP contribution is 2.35. The van der Waals surface area contributed by atoms with E-state index >= 15 is 0 Å². The number of rotatable bonds is 9. The Bertz CT molecular complexity index is 641. The molecule has 1 fully saturated rings. The summed E-state index contributed by atoms with van der Waals surface area (Å²) in [4.78, 5) is 4.76. The molecule has 0 bridgehead atoms. The van der Waals surface area contributed by atoms with E-state index in [-0.39, 0.29) is 10.8 Å². The number of hydrogen-bond donors (Lipinski definition) is 1. The minimum Gasteiger partial charge on any atom is -0.491 e. The summed E-state index contributed by atoms with van der Waals surface area (Å²) in [5.41, 5.74) is 2.66. The Morgan fingerprint density at radius 2 is 1.57 bits per heavy atom. The molecule has 1 aromatic carbocycles. The number of ether oxygens (including phenoxy) is 2. The van der Waals surface area contributed by atoms with E-state index in [1.165, 1.54) is 11.1 Å². The van der Waals surface area contributed by atoms with Crippen LogP contribution in [0.5, 0.6) is 5.75 Å². The molecule has 1 saturated heterocycles. The van der Waals surface area contributed by atoms with Gasteiger partial charge in [-0.3, -0.25) is 4.90 Å². The molecule has 0 aromatic heterocycles. The molecule has 1 aromatic rings. The van der Waals surface area contributed by atoms with Crippen LogP contribution in [0.2, 0.25) is 0 Å². The molecular weight excluding hydrogens is 376 g/mol. The van der Waals surface area contributed by atoms with Gasteiger partial charge in [0.15, 0.2) is 0 Å². The lowest BCUT2D eigenvalue weighted by molar-refractivity contribution is 0.000280. The Morgan fingerprint density at radius 3 is 2.13 bits per heavy atom. The van der Waals surface area contributed by atoms with E-state index < -0.39 is 6.10 Å². The van der Waals surface area contributed by atoms with Crippen molar-refractivity contribution < 1.29 is 14.6 Å². The van der Waals surface area contributed by atoms with Crippen LogP contribution in [0, 0.1) is 0 Å². The van der Waals surface area contributed by atoms with E-state index in [9.17, 15) is 5.11 Å². The van der Waals surface area contributed by atoms with Gasteiger partial charge in [-0.2, -0.15) is 0 Å². The molecule has 172 valence electrons. The molecule has 1 unspecified atom stereocenters. The van der Waals surface area contributed by atoms with Crippen LogP contribution >= 0.6 is 0 Å². The minimum absolute atomic E-state index is 0.00937. The Morgan fingerprint density at radius 1 is 0.933 bits per heavy atom. The van der Waals surface area contributed by atoms with Crippen molar-refractivity contribution in [1.29, 1.82) is 0 Å². The number of β-amino-alcohol motifs (C(OH)–C–C–N with tert-alkyl or cyclic N) is 1. The van der Waals surface area contributed by atoms with Gasteiger partial charge < -0.3 is 19.5 Å². The number of benzene rings is 1. The third-order valence-corrected chi connectivity index (χ3v) is 5.83. The first-order chi connectivity index (χ1) is 14.0. The lowest BCUT2D eigenvalue weighted by Gasteiger charge is -2.34. The summed E-state index contributed by atoms with van der Waals surface area (Å²) in [5, 5.41) is 10.3. The van der Waals surface area contributed by atoms with E-state index in [2.05, 4.69) is 76.5 Å². The molecule has 5 heteroatoms. The Hall–Kier alpha value is -1.14. The molecular formula is C25H44N2O3. The summed E-state index contributed by atoms with van der Waals surface area (Å²) >= 11 is 0. The summed E-state index contributed by atoms with van der Waals surface area (Å²) in [7, 11) is 0. The topological polar surface area (TPSA) is 45.2 Å². The third-order valence-electron chi connectivity index (χ3n) is 5.83. The van der Waals surface area contributed by atoms with Gasteiger partial charge in [-0.25, -0.2) is 0 Å². The van der Waals surface area contributed by atoms with Crippen LogP contribution in [0.25, 0.3) is 0 Å². The molecule has 0 saturated carbocycles. The summed E-state index contributed by atoms with van der Waals surface area (Å²) < 4.78 is 11.8. The molecule has 1 heterocycles. The van der Waals surface area contributed by atoms with E-state index in [0.717, 1.165) is 38.5 Å².